The molecule has 3 rings (SSSR count). The highest BCUT2D eigenvalue weighted by atomic mass is 32.7. The molecule has 0 radical (unpaired) electrons. The van der Waals surface area contributed by atoms with E-state index in [0.717, 1.165) is 0 Å². The minimum absolute atomic E-state index is 0.0177. The summed E-state index contributed by atoms with van der Waals surface area (Å²) in [7, 11) is 1.18. The fraction of sp³-hybridized carbons (Fsp3) is 0.945. The Labute approximate surface area is 603 Å². The van der Waals surface area contributed by atoms with Crippen molar-refractivity contribution < 1.29 is 163 Å². The summed E-state index contributed by atoms with van der Waals surface area (Å²) in [4.78, 5) is 74.4. The lowest BCUT2D eigenvalue weighted by Gasteiger charge is -2.42. The molecule has 0 spiro atoms. The molecule has 45 heteroatoms. The minimum atomic E-state index is -3.99. The van der Waals surface area contributed by atoms with Gasteiger partial charge in [0.1, 0.15) is 93.2 Å². The van der Waals surface area contributed by atoms with Gasteiger partial charge in [0.2, 0.25) is 17.7 Å². The number of aliphatic hydroxyl groups is 9. The lowest BCUT2D eigenvalue weighted by Crippen LogP contribution is -2.64. The zero-order valence-electron chi connectivity index (χ0n) is 56.4. The summed E-state index contributed by atoms with van der Waals surface area (Å²) in [5.74, 6) is -1.54. The molecule has 0 aromatic rings. The highest BCUT2D eigenvalue weighted by molar-refractivity contribution is 8.32. The van der Waals surface area contributed by atoms with Gasteiger partial charge in [-0.2, -0.15) is 0 Å². The Balaban J connectivity index is 1.58. The summed E-state index contributed by atoms with van der Waals surface area (Å²) in [6, 6.07) is -3.38. The van der Waals surface area contributed by atoms with Crippen LogP contribution in [0.5, 0.6) is 0 Å². The van der Waals surface area contributed by atoms with Crippen LogP contribution in [0.3, 0.4) is 0 Å². The van der Waals surface area contributed by atoms with Crippen molar-refractivity contribution in [2.75, 3.05) is 146 Å². The number of unbranched alkanes of at least 4 members (excludes halogenated alkanes) is 4. The molecule has 0 aliphatic carbocycles. The van der Waals surface area contributed by atoms with E-state index in [-0.39, 0.29) is 157 Å². The Kier molecular flexibility index (Phi) is 47.4. The lowest BCUT2D eigenvalue weighted by atomic mass is 9.92. The predicted molar refractivity (Wildman–Crippen MR) is 357 cm³/mol. The van der Waals surface area contributed by atoms with E-state index >= 15 is 0 Å². The Morgan fingerprint density at radius 2 is 0.640 bits per heavy atom. The molecular weight excluding hydrogens is 1500 g/mol. The third-order valence-electron chi connectivity index (χ3n) is 14.8. The first kappa shape index (κ1) is 93.9. The molecule has 37 nitrogen and oxygen atoms in total. The molecular formula is C55H103N3O34P4S4-4. The summed E-state index contributed by atoms with van der Waals surface area (Å²) in [5, 5.41) is 98.5. The predicted octanol–water partition coefficient (Wildman–Crippen LogP) is -3.62. The van der Waals surface area contributed by atoms with Crippen molar-refractivity contribution in [3.05, 3.63) is 0 Å². The minimum Gasteiger partial charge on any atom is -0.780 e. The summed E-state index contributed by atoms with van der Waals surface area (Å²) >= 11 is 20.1. The van der Waals surface area contributed by atoms with E-state index in [2.05, 4.69) is 16.0 Å². The van der Waals surface area contributed by atoms with Gasteiger partial charge in [-0.05, 0) is 70.6 Å². The molecule has 19 atom stereocenters. The van der Waals surface area contributed by atoms with Gasteiger partial charge in [-0.1, -0.05) is 35.4 Å². The van der Waals surface area contributed by atoms with Gasteiger partial charge in [-0.15, -0.1) is 0 Å². The number of carbonyl (C=O) groups excluding carboxylic acids is 3. The molecule has 0 saturated carbocycles. The number of ether oxygens (including phenoxy) is 10. The van der Waals surface area contributed by atoms with Crippen molar-refractivity contribution in [3.63, 3.8) is 0 Å². The largest absolute Gasteiger partial charge is 0.780 e. The monoisotopic (exact) mass is 1600 g/mol. The van der Waals surface area contributed by atoms with Crippen molar-refractivity contribution in [1.82, 2.24) is 16.0 Å². The first-order valence-corrected chi connectivity index (χ1v) is 42.7. The molecule has 3 aliphatic rings. The average Bonchev–Trinajstić information content (AvgIpc) is 0.822. The number of hydrogen-bond donors (Lipinski definition) is 12. The Morgan fingerprint density at radius 3 is 0.890 bits per heavy atom. The summed E-state index contributed by atoms with van der Waals surface area (Å²) in [6.45, 7) is -14.4. The highest BCUT2D eigenvalue weighted by Crippen LogP contribution is 2.45. The topological polar surface area (TPSA) is 522 Å². The highest BCUT2D eigenvalue weighted by Gasteiger charge is 2.48. The first-order valence-electron chi connectivity index (χ1n) is 32.5. The second-order valence-electron chi connectivity index (χ2n) is 23.3. The zero-order chi connectivity index (χ0) is 74.4. The van der Waals surface area contributed by atoms with Crippen molar-refractivity contribution in [1.29, 1.82) is 0 Å². The Bertz CT molecular complexity index is 2270. The normalized spacial score (nSPS) is 28.8. The van der Waals surface area contributed by atoms with Gasteiger partial charge < -0.3 is 172 Å². The molecule has 0 aromatic carbocycles. The average molecular weight is 1600 g/mol. The number of aliphatic hydroxyl groups excluding tert-OH is 9. The van der Waals surface area contributed by atoms with Crippen molar-refractivity contribution in [2.45, 2.75) is 183 Å². The number of rotatable bonds is 57. The maximum absolute atomic E-state index is 13.1. The maximum atomic E-state index is 13.1. The molecule has 3 heterocycles. The summed E-state index contributed by atoms with van der Waals surface area (Å²) in [6.07, 6.45) is -12.8. The van der Waals surface area contributed by atoms with E-state index in [0.29, 0.717) is 32.1 Å². The van der Waals surface area contributed by atoms with E-state index in [1.807, 2.05) is 0 Å². The summed E-state index contributed by atoms with van der Waals surface area (Å²) < 4.78 is 113. The van der Waals surface area contributed by atoms with Crippen LogP contribution in [0, 0.1) is 5.41 Å². The van der Waals surface area contributed by atoms with Crippen LogP contribution >= 0.6 is 27.0 Å². The van der Waals surface area contributed by atoms with Gasteiger partial charge in [-0.3, -0.25) is 18.9 Å². The van der Waals surface area contributed by atoms with E-state index < -0.39 is 162 Å². The molecule has 10 unspecified atom stereocenters. The standard InChI is InChI=1S/C55H107N3O34P4S4/c1-37(62)56-43-49(68)46(65)40(30-59)90-52(43)80-20-6-10-24-84-94(72,98)87-27-13-17-77-34-55(33-76-16-5-9-23-83-93(71,97)75-4,35-78-18-14-28-88-95(73,99)85-25-11-7-21-81-53-44(57-38(2)63)50(69)47(66)41(31-60)91-53)36-79-19-15-29-89-96(74,100)86-26-12-8-22-82-54-45(58-39(3)64)51(70)48(67)42(32-61)92-54/h40-54,59-61,65-70H,5-36H2,1-4H3,(H,56,62)(H,57,63)(H,58,64)(H,71,97)(H,72,98)(H,73,99)(H,74,100)/p-4/t40?,41?,42?,43?,44?,45?,46-,47-,48-,49+,50+,51+,52+,53+,54+,55?,93?,94?,95?,96?/m0/s1. The van der Waals surface area contributed by atoms with Gasteiger partial charge >= 0.3 is 0 Å². The smallest absolute Gasteiger partial charge is 0.217 e. The Morgan fingerprint density at radius 1 is 0.410 bits per heavy atom. The summed E-state index contributed by atoms with van der Waals surface area (Å²) in [5.41, 5.74) is -1.06. The lowest BCUT2D eigenvalue weighted by molar-refractivity contribution is -0.270. The molecule has 590 valence electrons. The van der Waals surface area contributed by atoms with E-state index in [1.54, 1.807) is 0 Å². The van der Waals surface area contributed by atoms with Crippen LogP contribution in [0.15, 0.2) is 0 Å². The number of hydrogen-bond acceptors (Lipinski definition) is 38. The first-order chi connectivity index (χ1) is 47.3. The maximum Gasteiger partial charge on any atom is 0.217 e. The number of amides is 3. The molecule has 3 aliphatic heterocycles. The molecule has 100 heavy (non-hydrogen) atoms. The number of nitrogens with one attached hydrogen (secondary N) is 3. The third-order valence-corrected chi connectivity index (χ3v) is 21.4. The van der Waals surface area contributed by atoms with Gasteiger partial charge in [0.05, 0.1) is 97.9 Å². The fourth-order valence-corrected chi connectivity index (χ4v) is 14.0. The van der Waals surface area contributed by atoms with Crippen molar-refractivity contribution in [2.24, 2.45) is 5.41 Å². The second-order valence-corrected chi connectivity index (χ2v) is 34.4. The SMILES string of the molecule is COP(=O)([S-])OCCCCOCC(COCCCOP([O-])(=S)OCCCCO[C@@H]1OC(CO)[C@H](O)[C@H](O)C1NC(C)=O)(COCCCOP([O-])(=S)OCCCCO[C@@H]1OC(CO)[C@H](O)[C@H](O)C1NC(C)=O)COCCCOP([O-])(=S)OCCCCO[C@@H]1OC(CO)[C@H](O)[C@H](O)C1NC(C)=O. The second kappa shape index (κ2) is 50.4. The van der Waals surface area contributed by atoms with E-state index in [9.17, 15) is 79.6 Å². The molecule has 0 aromatic heterocycles. The van der Waals surface area contributed by atoms with Crippen LogP contribution in [0.4, 0.5) is 0 Å². The van der Waals surface area contributed by atoms with E-state index in [4.69, 9.17) is 131 Å². The van der Waals surface area contributed by atoms with Crippen LogP contribution in [0.25, 0.3) is 0 Å². The van der Waals surface area contributed by atoms with Gasteiger partial charge in [-0.25, -0.2) is 0 Å². The molecule has 3 amide bonds. The van der Waals surface area contributed by atoms with Gasteiger partial charge in [0.15, 0.2) is 25.7 Å². The molecule has 0 bridgehead atoms. The van der Waals surface area contributed by atoms with Crippen LogP contribution in [0.1, 0.15) is 91.4 Å². The van der Waals surface area contributed by atoms with E-state index in [1.165, 1.54) is 27.9 Å². The van der Waals surface area contributed by atoms with Gasteiger partial charge in [0, 0.05) is 74.1 Å². The quantitative estimate of drug-likeness (QED) is 0.0159. The van der Waals surface area contributed by atoms with Crippen molar-refractivity contribution in [3.8, 4) is 0 Å². The van der Waals surface area contributed by atoms with Crippen LogP contribution in [-0.2, 0) is 150 Å². The molecule has 12 N–H and O–H groups in total. The molecule has 3 fully saturated rings. The Hall–Kier alpha value is -0.260. The van der Waals surface area contributed by atoms with Crippen LogP contribution in [-0.4, -0.2) is 301 Å². The van der Waals surface area contributed by atoms with Gasteiger partial charge in [0.25, 0.3) is 0 Å². The zero-order valence-corrected chi connectivity index (χ0v) is 63.3. The third kappa shape index (κ3) is 37.7. The number of carbonyl (C=O) groups is 3. The molecule has 3 saturated heterocycles. The fourth-order valence-electron chi connectivity index (χ4n) is 9.64. The van der Waals surface area contributed by atoms with Crippen molar-refractivity contribution >= 4 is 92.3 Å². The van der Waals surface area contributed by atoms with Crippen LogP contribution in [0.2, 0.25) is 0 Å². The van der Waals surface area contributed by atoms with Crippen LogP contribution < -0.4 is 30.6 Å².